The van der Waals surface area contributed by atoms with Gasteiger partial charge >= 0.3 is 0 Å². The SMILES string of the molecule is NC(=O)CCC(=O)NNc1c(Br)cc(Br)cc1Br. The molecule has 0 aliphatic rings. The summed E-state index contributed by atoms with van der Waals surface area (Å²) >= 11 is 10.1. The van der Waals surface area contributed by atoms with Crippen molar-refractivity contribution in [3.63, 3.8) is 0 Å². The lowest BCUT2D eigenvalue weighted by Crippen LogP contribution is -2.30. The van der Waals surface area contributed by atoms with Crippen LogP contribution in [0.4, 0.5) is 5.69 Å². The summed E-state index contributed by atoms with van der Waals surface area (Å²) in [7, 11) is 0. The molecule has 2 amide bonds. The number of rotatable bonds is 5. The van der Waals surface area contributed by atoms with Gasteiger partial charge in [0.2, 0.25) is 11.8 Å². The first-order chi connectivity index (χ1) is 8.40. The normalized spacial score (nSPS) is 9.94. The van der Waals surface area contributed by atoms with Gasteiger partial charge in [-0.05, 0) is 44.0 Å². The monoisotopic (exact) mass is 441 g/mol. The van der Waals surface area contributed by atoms with Gasteiger partial charge in [0, 0.05) is 26.3 Å². The van der Waals surface area contributed by atoms with E-state index in [0.717, 1.165) is 13.4 Å². The number of benzene rings is 1. The van der Waals surface area contributed by atoms with Crippen LogP contribution in [0.1, 0.15) is 12.8 Å². The first kappa shape index (κ1) is 15.5. The Hall–Kier alpha value is -0.600. The lowest BCUT2D eigenvalue weighted by atomic mass is 10.3. The van der Waals surface area contributed by atoms with Gasteiger partial charge in [0.25, 0.3) is 0 Å². The summed E-state index contributed by atoms with van der Waals surface area (Å²) in [5.74, 6) is -0.813. The molecule has 1 rings (SSSR count). The van der Waals surface area contributed by atoms with Crippen molar-refractivity contribution < 1.29 is 9.59 Å². The molecule has 8 heteroatoms. The number of halogens is 3. The number of primary amides is 1. The van der Waals surface area contributed by atoms with E-state index in [-0.39, 0.29) is 18.7 Å². The summed E-state index contributed by atoms with van der Waals surface area (Å²) in [6, 6.07) is 3.67. The summed E-state index contributed by atoms with van der Waals surface area (Å²) < 4.78 is 2.45. The van der Waals surface area contributed by atoms with Gasteiger partial charge < -0.3 is 5.73 Å². The molecule has 0 radical (unpaired) electrons. The second-order valence-corrected chi connectivity index (χ2v) is 6.01. The molecular formula is C10H10Br3N3O2. The van der Waals surface area contributed by atoms with E-state index in [0.29, 0.717) is 5.69 Å². The van der Waals surface area contributed by atoms with Gasteiger partial charge in [-0.3, -0.25) is 20.4 Å². The molecule has 4 N–H and O–H groups in total. The smallest absolute Gasteiger partial charge is 0.238 e. The van der Waals surface area contributed by atoms with E-state index in [4.69, 9.17) is 5.73 Å². The first-order valence-corrected chi connectivity index (χ1v) is 7.25. The van der Waals surface area contributed by atoms with E-state index in [1.807, 2.05) is 12.1 Å². The van der Waals surface area contributed by atoms with Gasteiger partial charge in [-0.25, -0.2) is 0 Å². The molecule has 0 unspecified atom stereocenters. The highest BCUT2D eigenvalue weighted by Crippen LogP contribution is 2.33. The summed E-state index contributed by atoms with van der Waals surface area (Å²) in [5.41, 5.74) is 10.9. The number of carbonyl (C=O) groups is 2. The maximum Gasteiger partial charge on any atom is 0.238 e. The van der Waals surface area contributed by atoms with Crippen LogP contribution in [-0.2, 0) is 9.59 Å². The molecule has 18 heavy (non-hydrogen) atoms. The van der Waals surface area contributed by atoms with Crippen molar-refractivity contribution in [1.29, 1.82) is 0 Å². The highest BCUT2D eigenvalue weighted by molar-refractivity contribution is 9.11. The zero-order chi connectivity index (χ0) is 13.7. The fourth-order valence-corrected chi connectivity index (χ4v) is 3.55. The minimum atomic E-state index is -0.504. The van der Waals surface area contributed by atoms with E-state index < -0.39 is 5.91 Å². The molecule has 0 spiro atoms. The summed E-state index contributed by atoms with van der Waals surface area (Å²) in [5, 5.41) is 0. The van der Waals surface area contributed by atoms with Crippen molar-refractivity contribution in [2.24, 2.45) is 5.73 Å². The second kappa shape index (κ2) is 7.10. The standard InChI is InChI=1S/C10H10Br3N3O2/c11-5-3-6(12)10(7(13)4-5)16-15-9(18)2-1-8(14)17/h3-4,16H,1-2H2,(H2,14,17)(H,15,18). The second-order valence-electron chi connectivity index (χ2n) is 3.38. The molecule has 0 fully saturated rings. The fraction of sp³-hybridized carbons (Fsp3) is 0.200. The Labute approximate surface area is 129 Å². The average Bonchev–Trinajstić information content (AvgIpc) is 2.24. The fourth-order valence-electron chi connectivity index (χ4n) is 1.09. The Balaban J connectivity index is 2.58. The Morgan fingerprint density at radius 2 is 1.67 bits per heavy atom. The molecule has 1 aromatic carbocycles. The highest BCUT2D eigenvalue weighted by atomic mass is 79.9. The van der Waals surface area contributed by atoms with E-state index >= 15 is 0 Å². The molecule has 0 aliphatic heterocycles. The van der Waals surface area contributed by atoms with Crippen LogP contribution in [0.25, 0.3) is 0 Å². The third-order valence-electron chi connectivity index (χ3n) is 1.93. The molecule has 0 heterocycles. The molecule has 0 saturated carbocycles. The van der Waals surface area contributed by atoms with Crippen molar-refractivity contribution in [2.75, 3.05) is 5.43 Å². The van der Waals surface area contributed by atoms with Crippen molar-refractivity contribution in [1.82, 2.24) is 5.43 Å². The van der Waals surface area contributed by atoms with Gasteiger partial charge in [-0.15, -0.1) is 0 Å². The summed E-state index contributed by atoms with van der Waals surface area (Å²) in [4.78, 5) is 21.9. The largest absolute Gasteiger partial charge is 0.370 e. The van der Waals surface area contributed by atoms with E-state index in [2.05, 4.69) is 58.6 Å². The third kappa shape index (κ3) is 4.95. The molecule has 1 aromatic rings. The lowest BCUT2D eigenvalue weighted by Gasteiger charge is -2.12. The molecule has 0 aromatic heterocycles. The third-order valence-corrected chi connectivity index (χ3v) is 3.64. The van der Waals surface area contributed by atoms with Crippen LogP contribution in [0.3, 0.4) is 0 Å². The lowest BCUT2D eigenvalue weighted by molar-refractivity contribution is -0.124. The van der Waals surface area contributed by atoms with Crippen molar-refractivity contribution in [3.05, 3.63) is 25.6 Å². The quantitative estimate of drug-likeness (QED) is 0.612. The van der Waals surface area contributed by atoms with Crippen LogP contribution in [0, 0.1) is 0 Å². The Kier molecular flexibility index (Phi) is 6.10. The number of amides is 2. The number of nitrogens with one attached hydrogen (secondary N) is 2. The van der Waals surface area contributed by atoms with Gasteiger partial charge in [0.15, 0.2) is 0 Å². The van der Waals surface area contributed by atoms with Crippen LogP contribution in [0.15, 0.2) is 25.6 Å². The van der Waals surface area contributed by atoms with Crippen LogP contribution >= 0.6 is 47.8 Å². The summed E-state index contributed by atoms with van der Waals surface area (Å²) in [6.07, 6.45) is 0.0737. The number of hydrogen-bond acceptors (Lipinski definition) is 3. The van der Waals surface area contributed by atoms with E-state index in [1.165, 1.54) is 0 Å². The van der Waals surface area contributed by atoms with Crippen molar-refractivity contribution in [2.45, 2.75) is 12.8 Å². The number of anilines is 1. The first-order valence-electron chi connectivity index (χ1n) is 4.88. The summed E-state index contributed by atoms with van der Waals surface area (Å²) in [6.45, 7) is 0. The minimum Gasteiger partial charge on any atom is -0.370 e. The molecule has 5 nitrogen and oxygen atoms in total. The zero-order valence-corrected chi connectivity index (χ0v) is 13.9. The molecular weight excluding hydrogens is 434 g/mol. The zero-order valence-electron chi connectivity index (χ0n) is 9.10. The van der Waals surface area contributed by atoms with Crippen LogP contribution < -0.4 is 16.6 Å². The van der Waals surface area contributed by atoms with Gasteiger partial charge in [0.05, 0.1) is 5.69 Å². The number of nitrogens with two attached hydrogens (primary N) is 1. The number of carbonyl (C=O) groups excluding carboxylic acids is 2. The number of hydrogen-bond donors (Lipinski definition) is 3. The minimum absolute atomic E-state index is 0.0240. The van der Waals surface area contributed by atoms with E-state index in [9.17, 15) is 9.59 Å². The predicted molar refractivity (Wildman–Crippen MR) is 79.7 cm³/mol. The van der Waals surface area contributed by atoms with Crippen LogP contribution in [0.2, 0.25) is 0 Å². The Bertz CT molecular complexity index is 456. The molecule has 0 saturated heterocycles. The highest BCUT2D eigenvalue weighted by Gasteiger charge is 2.08. The van der Waals surface area contributed by atoms with E-state index in [1.54, 1.807) is 0 Å². The maximum absolute atomic E-state index is 11.4. The Morgan fingerprint density at radius 1 is 1.11 bits per heavy atom. The maximum atomic E-state index is 11.4. The average molecular weight is 444 g/mol. The molecule has 0 aliphatic carbocycles. The van der Waals surface area contributed by atoms with Crippen LogP contribution in [-0.4, -0.2) is 11.8 Å². The van der Waals surface area contributed by atoms with Gasteiger partial charge in [0.1, 0.15) is 0 Å². The van der Waals surface area contributed by atoms with Crippen LogP contribution in [0.5, 0.6) is 0 Å². The number of hydrazine groups is 1. The topological polar surface area (TPSA) is 84.2 Å². The Morgan fingerprint density at radius 3 is 2.17 bits per heavy atom. The van der Waals surface area contributed by atoms with Gasteiger partial charge in [-0.1, -0.05) is 15.9 Å². The van der Waals surface area contributed by atoms with Crippen molar-refractivity contribution >= 4 is 65.3 Å². The molecule has 98 valence electrons. The van der Waals surface area contributed by atoms with Gasteiger partial charge in [-0.2, -0.15) is 0 Å². The van der Waals surface area contributed by atoms with Crippen molar-refractivity contribution in [3.8, 4) is 0 Å². The predicted octanol–water partition coefficient (Wildman–Crippen LogP) is 2.68. The molecule has 0 atom stereocenters. The molecule has 0 bridgehead atoms.